The Morgan fingerprint density at radius 2 is 2.33 bits per heavy atom. The van der Waals surface area contributed by atoms with E-state index in [0.717, 1.165) is 22.7 Å². The predicted molar refractivity (Wildman–Crippen MR) is 61.7 cm³/mol. The second-order valence-electron chi connectivity index (χ2n) is 3.23. The Labute approximate surface area is 91.9 Å². The standard InChI is InChI=1S/C9H13N5S/c1-2-3-4-15-9-12-7(10)6-5-11-14-8(6)13-9/h5H,2-4H2,1H3,(H3,10,11,12,13,14). The molecule has 6 heteroatoms. The van der Waals surface area contributed by atoms with E-state index in [0.29, 0.717) is 11.5 Å². The Kier molecular flexibility index (Phi) is 3.05. The lowest BCUT2D eigenvalue weighted by molar-refractivity contribution is 0.890. The summed E-state index contributed by atoms with van der Waals surface area (Å²) in [4.78, 5) is 8.54. The Bertz CT molecular complexity index is 453. The lowest BCUT2D eigenvalue weighted by atomic mass is 10.4. The molecule has 3 N–H and O–H groups in total. The van der Waals surface area contributed by atoms with Crippen molar-refractivity contribution in [3.8, 4) is 0 Å². The molecule has 0 aliphatic heterocycles. The number of fused-ring (bicyclic) bond motifs is 1. The fourth-order valence-corrected chi connectivity index (χ4v) is 2.14. The van der Waals surface area contributed by atoms with Gasteiger partial charge in [-0.25, -0.2) is 9.97 Å². The fourth-order valence-electron chi connectivity index (χ4n) is 1.21. The number of thioether (sulfide) groups is 1. The molecule has 5 nitrogen and oxygen atoms in total. The van der Waals surface area contributed by atoms with Gasteiger partial charge in [0.05, 0.1) is 11.6 Å². The van der Waals surface area contributed by atoms with Gasteiger partial charge in [0.2, 0.25) is 0 Å². The molecule has 15 heavy (non-hydrogen) atoms. The van der Waals surface area contributed by atoms with Crippen molar-refractivity contribution in [1.29, 1.82) is 0 Å². The van der Waals surface area contributed by atoms with Crippen LogP contribution in [0.5, 0.6) is 0 Å². The summed E-state index contributed by atoms with van der Waals surface area (Å²) in [5.74, 6) is 1.52. The summed E-state index contributed by atoms with van der Waals surface area (Å²) in [6, 6.07) is 0. The summed E-state index contributed by atoms with van der Waals surface area (Å²) in [5.41, 5.74) is 6.49. The molecular weight excluding hydrogens is 210 g/mol. The first kappa shape index (κ1) is 10.2. The van der Waals surface area contributed by atoms with Crippen molar-refractivity contribution in [2.24, 2.45) is 0 Å². The fraction of sp³-hybridized carbons (Fsp3) is 0.444. The molecule has 0 aliphatic rings. The topological polar surface area (TPSA) is 80.5 Å². The SMILES string of the molecule is CCCCSc1nc(N)c2cn[nH]c2n1. The molecule has 80 valence electrons. The van der Waals surface area contributed by atoms with E-state index >= 15 is 0 Å². The van der Waals surface area contributed by atoms with Crippen molar-refractivity contribution in [2.45, 2.75) is 24.9 Å². The molecule has 0 spiro atoms. The van der Waals surface area contributed by atoms with Gasteiger partial charge in [0.1, 0.15) is 5.82 Å². The van der Waals surface area contributed by atoms with Gasteiger partial charge in [0, 0.05) is 5.75 Å². The zero-order valence-corrected chi connectivity index (χ0v) is 9.34. The molecule has 0 bridgehead atoms. The van der Waals surface area contributed by atoms with Gasteiger partial charge in [-0.05, 0) is 6.42 Å². The minimum atomic E-state index is 0.493. The van der Waals surface area contributed by atoms with E-state index in [9.17, 15) is 0 Å². The van der Waals surface area contributed by atoms with Crippen LogP contribution in [0.15, 0.2) is 11.4 Å². The third-order valence-electron chi connectivity index (χ3n) is 2.05. The Morgan fingerprint density at radius 3 is 3.13 bits per heavy atom. The average molecular weight is 223 g/mol. The van der Waals surface area contributed by atoms with Gasteiger partial charge in [-0.3, -0.25) is 5.10 Å². The number of aromatic amines is 1. The lowest BCUT2D eigenvalue weighted by Gasteiger charge is -2.00. The van der Waals surface area contributed by atoms with E-state index in [1.165, 1.54) is 6.42 Å². The van der Waals surface area contributed by atoms with Gasteiger partial charge in [-0.1, -0.05) is 25.1 Å². The van der Waals surface area contributed by atoms with Crippen LogP contribution in [-0.4, -0.2) is 25.9 Å². The monoisotopic (exact) mass is 223 g/mol. The van der Waals surface area contributed by atoms with Gasteiger partial charge in [-0.2, -0.15) is 5.10 Å². The number of aromatic nitrogens is 4. The van der Waals surface area contributed by atoms with E-state index < -0.39 is 0 Å². The zero-order chi connectivity index (χ0) is 10.7. The Balaban J connectivity index is 2.21. The summed E-state index contributed by atoms with van der Waals surface area (Å²) < 4.78 is 0. The lowest BCUT2D eigenvalue weighted by Crippen LogP contribution is -1.96. The van der Waals surface area contributed by atoms with Gasteiger partial charge >= 0.3 is 0 Å². The first-order valence-corrected chi connectivity index (χ1v) is 5.89. The van der Waals surface area contributed by atoms with Crippen molar-refractivity contribution in [1.82, 2.24) is 20.2 Å². The maximum absolute atomic E-state index is 5.78. The number of H-pyrrole nitrogens is 1. The molecule has 0 aromatic carbocycles. The molecule has 0 amide bonds. The molecule has 2 aromatic heterocycles. The van der Waals surface area contributed by atoms with Crippen molar-refractivity contribution in [3.63, 3.8) is 0 Å². The van der Waals surface area contributed by atoms with Gasteiger partial charge < -0.3 is 5.73 Å². The number of nitrogens with one attached hydrogen (secondary N) is 1. The molecule has 0 saturated heterocycles. The number of nitrogens with two attached hydrogens (primary N) is 1. The molecule has 2 aromatic rings. The molecule has 0 unspecified atom stereocenters. The van der Waals surface area contributed by atoms with Gasteiger partial charge in [-0.15, -0.1) is 0 Å². The van der Waals surface area contributed by atoms with E-state index in [1.807, 2.05) is 0 Å². The summed E-state index contributed by atoms with van der Waals surface area (Å²) in [5, 5.41) is 8.19. The third kappa shape index (κ3) is 2.20. The van der Waals surface area contributed by atoms with Gasteiger partial charge in [0.15, 0.2) is 10.8 Å². The van der Waals surface area contributed by atoms with Crippen LogP contribution in [0.1, 0.15) is 19.8 Å². The third-order valence-corrected chi connectivity index (χ3v) is 2.98. The van der Waals surface area contributed by atoms with E-state index in [-0.39, 0.29) is 0 Å². The van der Waals surface area contributed by atoms with Crippen molar-refractivity contribution in [2.75, 3.05) is 11.5 Å². The Hall–Kier alpha value is -1.30. The van der Waals surface area contributed by atoms with Crippen LogP contribution < -0.4 is 5.73 Å². The highest BCUT2D eigenvalue weighted by atomic mass is 32.2. The van der Waals surface area contributed by atoms with Crippen molar-refractivity contribution >= 4 is 28.6 Å². The molecule has 0 fully saturated rings. The first-order chi connectivity index (χ1) is 7.31. The largest absolute Gasteiger partial charge is 0.383 e. The number of hydrogen-bond acceptors (Lipinski definition) is 5. The van der Waals surface area contributed by atoms with Crippen LogP contribution in [0.2, 0.25) is 0 Å². The second-order valence-corrected chi connectivity index (χ2v) is 4.29. The minimum absolute atomic E-state index is 0.493. The van der Waals surface area contributed by atoms with E-state index in [4.69, 9.17) is 5.73 Å². The molecule has 2 rings (SSSR count). The smallest absolute Gasteiger partial charge is 0.191 e. The van der Waals surface area contributed by atoms with Crippen LogP contribution >= 0.6 is 11.8 Å². The maximum atomic E-state index is 5.78. The second kappa shape index (κ2) is 4.48. The van der Waals surface area contributed by atoms with Crippen LogP contribution in [-0.2, 0) is 0 Å². The number of hydrogen-bond donors (Lipinski definition) is 2. The molecule has 2 heterocycles. The van der Waals surface area contributed by atoms with Crippen LogP contribution in [0, 0.1) is 0 Å². The van der Waals surface area contributed by atoms with Crippen LogP contribution in [0.3, 0.4) is 0 Å². The quantitative estimate of drug-likeness (QED) is 0.469. The number of rotatable bonds is 4. The summed E-state index contributed by atoms with van der Waals surface area (Å²) in [6.07, 6.45) is 3.98. The molecular formula is C9H13N5S. The van der Waals surface area contributed by atoms with Crippen LogP contribution in [0.25, 0.3) is 11.0 Å². The predicted octanol–water partition coefficient (Wildman–Crippen LogP) is 1.83. The van der Waals surface area contributed by atoms with E-state index in [1.54, 1.807) is 18.0 Å². The molecule has 0 saturated carbocycles. The normalized spacial score (nSPS) is 11.0. The number of nitrogen functional groups attached to an aromatic ring is 1. The molecule has 0 radical (unpaired) electrons. The summed E-state index contributed by atoms with van der Waals surface area (Å²) >= 11 is 1.63. The highest BCUT2D eigenvalue weighted by Gasteiger charge is 2.06. The number of anilines is 1. The molecule has 0 atom stereocenters. The highest BCUT2D eigenvalue weighted by Crippen LogP contribution is 2.21. The summed E-state index contributed by atoms with van der Waals surface area (Å²) in [6.45, 7) is 2.16. The number of nitrogens with zero attached hydrogens (tertiary/aromatic N) is 3. The zero-order valence-electron chi connectivity index (χ0n) is 8.53. The number of unbranched alkanes of at least 4 members (excludes halogenated alkanes) is 1. The Morgan fingerprint density at radius 1 is 1.47 bits per heavy atom. The first-order valence-electron chi connectivity index (χ1n) is 4.90. The summed E-state index contributed by atoms with van der Waals surface area (Å²) in [7, 11) is 0. The van der Waals surface area contributed by atoms with Crippen molar-refractivity contribution < 1.29 is 0 Å². The highest BCUT2D eigenvalue weighted by molar-refractivity contribution is 7.99. The van der Waals surface area contributed by atoms with Crippen LogP contribution in [0.4, 0.5) is 5.82 Å². The van der Waals surface area contributed by atoms with Crippen molar-refractivity contribution in [3.05, 3.63) is 6.20 Å². The molecule has 0 aliphatic carbocycles. The van der Waals surface area contributed by atoms with Gasteiger partial charge in [0.25, 0.3) is 0 Å². The maximum Gasteiger partial charge on any atom is 0.191 e. The van der Waals surface area contributed by atoms with E-state index in [2.05, 4.69) is 27.1 Å². The minimum Gasteiger partial charge on any atom is -0.383 e. The average Bonchev–Trinajstić information content (AvgIpc) is 2.66.